The molecular weight excluding hydrogens is 397 g/mol. The van der Waals surface area contributed by atoms with Gasteiger partial charge in [0.2, 0.25) is 0 Å². The molecule has 3 rings (SSSR count). The van der Waals surface area contributed by atoms with Gasteiger partial charge in [0.25, 0.3) is 0 Å². The van der Waals surface area contributed by atoms with E-state index in [1.165, 1.54) is 11.1 Å². The molecule has 0 unspecified atom stereocenters. The first kappa shape index (κ1) is 19.7. The van der Waals surface area contributed by atoms with Crippen LogP contribution in [0.15, 0.2) is 66.7 Å². The second-order valence-electron chi connectivity index (χ2n) is 6.20. The lowest BCUT2D eigenvalue weighted by Crippen LogP contribution is -2.21. The molecule has 5 heteroatoms. The van der Waals surface area contributed by atoms with Crippen molar-refractivity contribution < 1.29 is 4.74 Å². The Balaban J connectivity index is 1.61. The van der Waals surface area contributed by atoms with Crippen molar-refractivity contribution in [3.63, 3.8) is 0 Å². The molecule has 0 atom stereocenters. The smallest absolute Gasteiger partial charge is 0.138 e. The van der Waals surface area contributed by atoms with Crippen molar-refractivity contribution in [2.75, 3.05) is 0 Å². The first-order valence-corrected chi connectivity index (χ1v) is 9.69. The first-order valence-electron chi connectivity index (χ1n) is 8.52. The largest absolute Gasteiger partial charge is 0.487 e. The van der Waals surface area contributed by atoms with Gasteiger partial charge in [-0.05, 0) is 36.8 Å². The van der Waals surface area contributed by atoms with Gasteiger partial charge in [-0.3, -0.25) is 0 Å². The van der Waals surface area contributed by atoms with Crippen molar-refractivity contribution in [1.82, 2.24) is 5.32 Å². The number of halogens is 2. The Kier molecular flexibility index (Phi) is 6.73. The van der Waals surface area contributed by atoms with Crippen molar-refractivity contribution in [3.8, 4) is 5.75 Å². The predicted molar refractivity (Wildman–Crippen MR) is 117 cm³/mol. The van der Waals surface area contributed by atoms with Gasteiger partial charge in [-0.1, -0.05) is 83.4 Å². The zero-order valence-corrected chi connectivity index (χ0v) is 17.2. The Bertz CT molecular complexity index is 959. The first-order chi connectivity index (χ1) is 13.0. The maximum atomic E-state index is 6.37. The summed E-state index contributed by atoms with van der Waals surface area (Å²) in [5.74, 6) is 0.599. The van der Waals surface area contributed by atoms with Gasteiger partial charge in [0.15, 0.2) is 0 Å². The van der Waals surface area contributed by atoms with E-state index in [1.807, 2.05) is 48.5 Å². The van der Waals surface area contributed by atoms with Gasteiger partial charge in [-0.25, -0.2) is 0 Å². The standard InChI is InChI=1S/C22H19Cl2NOS/c1-15-5-4-6-16(11-15)13-25-22(27)17-9-10-21(20(24)12-17)26-14-18-7-2-3-8-19(18)23/h2-12H,13-14H2,1H3,(H,25,27). The lowest BCUT2D eigenvalue weighted by molar-refractivity contribution is 0.306. The Labute approximate surface area is 175 Å². The molecule has 0 fully saturated rings. The number of thiocarbonyl (C=S) groups is 1. The summed E-state index contributed by atoms with van der Waals surface area (Å²) in [4.78, 5) is 0.649. The molecule has 27 heavy (non-hydrogen) atoms. The summed E-state index contributed by atoms with van der Waals surface area (Å²) < 4.78 is 5.80. The van der Waals surface area contributed by atoms with Crippen LogP contribution in [0.3, 0.4) is 0 Å². The van der Waals surface area contributed by atoms with Crippen LogP contribution in [0.1, 0.15) is 22.3 Å². The third kappa shape index (κ3) is 5.46. The van der Waals surface area contributed by atoms with Crippen LogP contribution < -0.4 is 10.1 Å². The van der Waals surface area contributed by atoms with Gasteiger partial charge in [-0.15, -0.1) is 0 Å². The van der Waals surface area contributed by atoms with Gasteiger partial charge in [0.1, 0.15) is 17.3 Å². The van der Waals surface area contributed by atoms with Gasteiger partial charge >= 0.3 is 0 Å². The summed E-state index contributed by atoms with van der Waals surface area (Å²) in [6.45, 7) is 3.10. The average Bonchev–Trinajstić information content (AvgIpc) is 2.66. The van der Waals surface area contributed by atoms with Gasteiger partial charge < -0.3 is 10.1 Å². The van der Waals surface area contributed by atoms with E-state index >= 15 is 0 Å². The number of benzene rings is 3. The Hall–Kier alpha value is -2.07. The fraction of sp³-hybridized carbons (Fsp3) is 0.136. The highest BCUT2D eigenvalue weighted by atomic mass is 35.5. The minimum atomic E-state index is 0.356. The van der Waals surface area contributed by atoms with Crippen LogP contribution in [0.25, 0.3) is 0 Å². The maximum Gasteiger partial charge on any atom is 0.138 e. The molecule has 138 valence electrons. The Morgan fingerprint density at radius 2 is 1.78 bits per heavy atom. The van der Waals surface area contributed by atoms with Crippen molar-refractivity contribution in [3.05, 3.63) is 99.0 Å². The van der Waals surface area contributed by atoms with Crippen LogP contribution in [0.5, 0.6) is 5.75 Å². The topological polar surface area (TPSA) is 21.3 Å². The van der Waals surface area contributed by atoms with Crippen molar-refractivity contribution >= 4 is 40.4 Å². The van der Waals surface area contributed by atoms with Gasteiger partial charge in [0, 0.05) is 22.7 Å². The number of nitrogens with one attached hydrogen (secondary N) is 1. The third-order valence-corrected chi connectivity index (χ3v) is 5.11. The van der Waals surface area contributed by atoms with Crippen LogP contribution in [0.2, 0.25) is 10.0 Å². The molecule has 0 amide bonds. The van der Waals surface area contributed by atoms with Crippen molar-refractivity contribution in [2.24, 2.45) is 0 Å². The number of aryl methyl sites for hydroxylation is 1. The molecule has 0 radical (unpaired) electrons. The molecular formula is C22H19Cl2NOS. The van der Waals surface area contributed by atoms with Crippen LogP contribution in [-0.2, 0) is 13.2 Å². The number of hydrogen-bond acceptors (Lipinski definition) is 2. The minimum absolute atomic E-state index is 0.356. The summed E-state index contributed by atoms with van der Waals surface area (Å²) >= 11 is 18.0. The Morgan fingerprint density at radius 3 is 2.52 bits per heavy atom. The molecule has 0 bridgehead atoms. The molecule has 0 saturated carbocycles. The molecule has 0 spiro atoms. The van der Waals surface area contributed by atoms with Crippen LogP contribution in [0.4, 0.5) is 0 Å². The van der Waals surface area contributed by atoms with E-state index in [0.717, 1.165) is 11.1 Å². The molecule has 2 nitrogen and oxygen atoms in total. The molecule has 0 aromatic heterocycles. The lowest BCUT2D eigenvalue weighted by atomic mass is 10.1. The van der Waals surface area contributed by atoms with E-state index < -0.39 is 0 Å². The molecule has 3 aromatic carbocycles. The normalized spacial score (nSPS) is 10.5. The third-order valence-electron chi connectivity index (χ3n) is 4.07. The fourth-order valence-electron chi connectivity index (χ4n) is 2.64. The highest BCUT2D eigenvalue weighted by molar-refractivity contribution is 7.80. The molecule has 0 aliphatic rings. The number of ether oxygens (including phenoxy) is 1. The quantitative estimate of drug-likeness (QED) is 0.474. The SMILES string of the molecule is Cc1cccc(CNC(=S)c2ccc(OCc3ccccc3Cl)c(Cl)c2)c1. The highest BCUT2D eigenvalue weighted by Crippen LogP contribution is 2.27. The van der Waals surface area contributed by atoms with Gasteiger partial charge in [0.05, 0.1) is 5.02 Å². The summed E-state index contributed by atoms with van der Waals surface area (Å²) in [5.41, 5.74) is 4.17. The zero-order valence-electron chi connectivity index (χ0n) is 14.8. The van der Waals surface area contributed by atoms with Crippen molar-refractivity contribution in [1.29, 1.82) is 0 Å². The van der Waals surface area contributed by atoms with Crippen LogP contribution >= 0.6 is 35.4 Å². The minimum Gasteiger partial charge on any atom is -0.487 e. The number of hydrogen-bond donors (Lipinski definition) is 1. The molecule has 0 aliphatic carbocycles. The molecule has 1 N–H and O–H groups in total. The second kappa shape index (κ2) is 9.23. The van der Waals surface area contributed by atoms with E-state index in [2.05, 4.69) is 30.4 Å². The van der Waals surface area contributed by atoms with Crippen LogP contribution in [0, 0.1) is 6.92 Å². The van der Waals surface area contributed by atoms with Gasteiger partial charge in [-0.2, -0.15) is 0 Å². The van der Waals surface area contributed by atoms with E-state index in [4.69, 9.17) is 40.2 Å². The predicted octanol–water partition coefficient (Wildman–Crippen LogP) is 6.35. The maximum absolute atomic E-state index is 6.37. The zero-order chi connectivity index (χ0) is 19.2. The van der Waals surface area contributed by atoms with E-state index in [1.54, 1.807) is 0 Å². The monoisotopic (exact) mass is 415 g/mol. The molecule has 0 saturated heterocycles. The second-order valence-corrected chi connectivity index (χ2v) is 7.42. The summed E-state index contributed by atoms with van der Waals surface area (Å²) in [7, 11) is 0. The Morgan fingerprint density at radius 1 is 0.963 bits per heavy atom. The fourth-order valence-corrected chi connectivity index (χ4v) is 3.26. The summed E-state index contributed by atoms with van der Waals surface area (Å²) in [6.07, 6.45) is 0. The summed E-state index contributed by atoms with van der Waals surface area (Å²) in [6, 6.07) is 21.4. The van der Waals surface area contributed by atoms with E-state index in [-0.39, 0.29) is 0 Å². The number of rotatable bonds is 6. The van der Waals surface area contributed by atoms with E-state index in [0.29, 0.717) is 33.9 Å². The average molecular weight is 416 g/mol. The van der Waals surface area contributed by atoms with E-state index in [9.17, 15) is 0 Å². The molecule has 3 aromatic rings. The van der Waals surface area contributed by atoms with Crippen molar-refractivity contribution in [2.45, 2.75) is 20.1 Å². The highest BCUT2D eigenvalue weighted by Gasteiger charge is 2.08. The molecule has 0 aliphatic heterocycles. The summed E-state index contributed by atoms with van der Waals surface area (Å²) in [5, 5.41) is 4.46. The van der Waals surface area contributed by atoms with Crippen LogP contribution in [-0.4, -0.2) is 4.99 Å². The lowest BCUT2D eigenvalue weighted by Gasteiger charge is -2.12. The molecule has 0 heterocycles.